The van der Waals surface area contributed by atoms with Crippen molar-refractivity contribution in [3.05, 3.63) is 75.4 Å². The van der Waals surface area contributed by atoms with Crippen molar-refractivity contribution in [2.24, 2.45) is 0 Å². The van der Waals surface area contributed by atoms with Crippen molar-refractivity contribution in [1.82, 2.24) is 14.7 Å². The van der Waals surface area contributed by atoms with E-state index in [0.717, 1.165) is 22.3 Å². The Hall–Kier alpha value is -3.19. The average Bonchev–Trinajstić information content (AvgIpc) is 3.05. The van der Waals surface area contributed by atoms with E-state index in [2.05, 4.69) is 10.3 Å². The Bertz CT molecular complexity index is 1160. The molecular formula is C19H15N3O3S. The van der Waals surface area contributed by atoms with E-state index in [0.29, 0.717) is 16.4 Å². The smallest absolute Gasteiger partial charge is 0.261 e. The minimum Gasteiger partial charge on any atom is -0.497 e. The number of ether oxygens (including phenoxy) is 1. The number of rotatable bonds is 4. The first kappa shape index (κ1) is 16.3. The van der Waals surface area contributed by atoms with Crippen LogP contribution in [0.1, 0.15) is 15.2 Å². The summed E-state index contributed by atoms with van der Waals surface area (Å²) in [6, 6.07) is 16.2. The number of carbonyl (C=O) groups is 1. The quantitative estimate of drug-likeness (QED) is 0.604. The number of nitrogens with one attached hydrogen (secondary N) is 1. The highest BCUT2D eigenvalue weighted by Gasteiger charge is 2.13. The van der Waals surface area contributed by atoms with Crippen molar-refractivity contribution >= 4 is 33.2 Å². The molecule has 2 heterocycles. The van der Waals surface area contributed by atoms with E-state index in [1.807, 2.05) is 48.5 Å². The highest BCUT2D eigenvalue weighted by molar-refractivity contribution is 7.18. The number of benzene rings is 2. The van der Waals surface area contributed by atoms with E-state index in [9.17, 15) is 9.59 Å². The molecule has 0 radical (unpaired) electrons. The second-order valence-corrected chi connectivity index (χ2v) is 6.71. The summed E-state index contributed by atoms with van der Waals surface area (Å²) < 4.78 is 6.64. The molecule has 1 N–H and O–H groups in total. The molecule has 130 valence electrons. The fourth-order valence-corrected chi connectivity index (χ4v) is 3.66. The maximum Gasteiger partial charge on any atom is 0.261 e. The molecular weight excluding hydrogens is 350 g/mol. The third-order valence-corrected chi connectivity index (χ3v) is 5.02. The first-order valence-corrected chi connectivity index (χ1v) is 8.80. The zero-order chi connectivity index (χ0) is 18.1. The first-order valence-electron chi connectivity index (χ1n) is 7.98. The van der Waals surface area contributed by atoms with Crippen molar-refractivity contribution in [3.8, 4) is 5.75 Å². The molecule has 7 heteroatoms. The normalized spacial score (nSPS) is 11.0. The van der Waals surface area contributed by atoms with Crippen molar-refractivity contribution in [2.45, 2.75) is 6.54 Å². The molecule has 2 aromatic heterocycles. The van der Waals surface area contributed by atoms with Gasteiger partial charge in [0.1, 0.15) is 10.6 Å². The molecule has 4 aromatic rings. The molecule has 0 spiro atoms. The molecule has 0 aliphatic heterocycles. The molecule has 26 heavy (non-hydrogen) atoms. The number of carbonyl (C=O) groups excluding carboxylic acids is 1. The van der Waals surface area contributed by atoms with Gasteiger partial charge in [-0.1, -0.05) is 35.6 Å². The predicted molar refractivity (Wildman–Crippen MR) is 101 cm³/mol. The number of methoxy groups -OCH3 is 1. The zero-order valence-electron chi connectivity index (χ0n) is 13.9. The number of hydrogen-bond acceptors (Lipinski definition) is 5. The summed E-state index contributed by atoms with van der Waals surface area (Å²) >= 11 is 1.20. The molecule has 0 aliphatic rings. The number of para-hydroxylation sites is 2. The lowest BCUT2D eigenvalue weighted by atomic mass is 10.2. The molecule has 2 aromatic carbocycles. The van der Waals surface area contributed by atoms with E-state index in [1.165, 1.54) is 21.8 Å². The summed E-state index contributed by atoms with van der Waals surface area (Å²) in [5, 5.41) is 2.83. The van der Waals surface area contributed by atoms with Crippen LogP contribution in [0, 0.1) is 0 Å². The minimum absolute atomic E-state index is 0.262. The van der Waals surface area contributed by atoms with Crippen LogP contribution >= 0.6 is 11.3 Å². The van der Waals surface area contributed by atoms with Crippen LogP contribution in [0.5, 0.6) is 5.75 Å². The predicted octanol–water partition coefficient (Wildman–Crippen LogP) is 2.85. The maximum absolute atomic E-state index is 12.5. The SMILES string of the molecule is COc1ccc(CNC(=O)c2cc(=O)n3c(nc4ccccc43)s2)cc1. The topological polar surface area (TPSA) is 72.7 Å². The number of aromatic nitrogens is 2. The number of fused-ring (bicyclic) bond motifs is 3. The van der Waals surface area contributed by atoms with Crippen LogP contribution in [0.25, 0.3) is 16.0 Å². The first-order chi connectivity index (χ1) is 12.7. The van der Waals surface area contributed by atoms with Gasteiger partial charge in [-0.3, -0.25) is 14.0 Å². The van der Waals surface area contributed by atoms with Crippen LogP contribution < -0.4 is 15.6 Å². The third kappa shape index (κ3) is 2.93. The van der Waals surface area contributed by atoms with Crippen LogP contribution in [-0.4, -0.2) is 22.4 Å². The van der Waals surface area contributed by atoms with Gasteiger partial charge < -0.3 is 10.1 Å². The van der Waals surface area contributed by atoms with Gasteiger partial charge in [0.25, 0.3) is 11.5 Å². The van der Waals surface area contributed by atoms with Crippen molar-refractivity contribution < 1.29 is 9.53 Å². The molecule has 1 amide bonds. The molecule has 0 atom stereocenters. The van der Waals surface area contributed by atoms with Crippen molar-refractivity contribution in [1.29, 1.82) is 0 Å². The molecule has 0 saturated carbocycles. The minimum atomic E-state index is -0.294. The van der Waals surface area contributed by atoms with Gasteiger partial charge in [0.2, 0.25) is 0 Å². The van der Waals surface area contributed by atoms with Crippen LogP contribution in [0.4, 0.5) is 0 Å². The highest BCUT2D eigenvalue weighted by atomic mass is 32.1. The molecule has 0 saturated heterocycles. The zero-order valence-corrected chi connectivity index (χ0v) is 14.7. The Morgan fingerprint density at radius 1 is 1.19 bits per heavy atom. The maximum atomic E-state index is 12.5. The highest BCUT2D eigenvalue weighted by Crippen LogP contribution is 2.19. The second-order valence-electron chi connectivity index (χ2n) is 5.70. The summed E-state index contributed by atoms with van der Waals surface area (Å²) in [5.41, 5.74) is 2.16. The van der Waals surface area contributed by atoms with E-state index in [-0.39, 0.29) is 11.5 Å². The monoisotopic (exact) mass is 365 g/mol. The average molecular weight is 365 g/mol. The number of imidazole rings is 1. The summed E-state index contributed by atoms with van der Waals surface area (Å²) in [6.07, 6.45) is 0. The summed E-state index contributed by atoms with van der Waals surface area (Å²) in [7, 11) is 1.61. The lowest BCUT2D eigenvalue weighted by Crippen LogP contribution is -2.24. The Morgan fingerprint density at radius 3 is 2.73 bits per heavy atom. The number of hydrogen-bond donors (Lipinski definition) is 1. The Balaban J connectivity index is 1.60. The van der Waals surface area contributed by atoms with Gasteiger partial charge in [0.15, 0.2) is 4.96 Å². The molecule has 4 rings (SSSR count). The van der Waals surface area contributed by atoms with Crippen LogP contribution in [-0.2, 0) is 6.54 Å². The van der Waals surface area contributed by atoms with Gasteiger partial charge in [-0.15, -0.1) is 0 Å². The third-order valence-electron chi connectivity index (χ3n) is 4.04. The summed E-state index contributed by atoms with van der Waals surface area (Å²) in [5.74, 6) is 0.465. The number of nitrogens with zero attached hydrogens (tertiary/aromatic N) is 2. The van der Waals surface area contributed by atoms with Crippen molar-refractivity contribution in [3.63, 3.8) is 0 Å². The molecule has 6 nitrogen and oxygen atoms in total. The van der Waals surface area contributed by atoms with Crippen molar-refractivity contribution in [2.75, 3.05) is 7.11 Å². The van der Waals surface area contributed by atoms with Gasteiger partial charge in [-0.05, 0) is 29.8 Å². The molecule has 0 unspecified atom stereocenters. The summed E-state index contributed by atoms with van der Waals surface area (Å²) in [4.78, 5) is 30.2. The van der Waals surface area contributed by atoms with E-state index >= 15 is 0 Å². The Morgan fingerprint density at radius 2 is 1.96 bits per heavy atom. The lowest BCUT2D eigenvalue weighted by Gasteiger charge is -2.06. The van der Waals surface area contributed by atoms with Gasteiger partial charge in [0, 0.05) is 12.6 Å². The van der Waals surface area contributed by atoms with E-state index in [1.54, 1.807) is 7.11 Å². The van der Waals surface area contributed by atoms with Gasteiger partial charge in [-0.25, -0.2) is 4.98 Å². The fourth-order valence-electron chi connectivity index (χ4n) is 2.71. The molecule has 0 bridgehead atoms. The van der Waals surface area contributed by atoms with Crippen LogP contribution in [0.2, 0.25) is 0 Å². The molecule has 0 fully saturated rings. The van der Waals surface area contributed by atoms with Gasteiger partial charge >= 0.3 is 0 Å². The van der Waals surface area contributed by atoms with Gasteiger partial charge in [-0.2, -0.15) is 0 Å². The van der Waals surface area contributed by atoms with Crippen LogP contribution in [0.3, 0.4) is 0 Å². The Labute approximate surface area is 152 Å². The van der Waals surface area contributed by atoms with E-state index < -0.39 is 0 Å². The van der Waals surface area contributed by atoms with E-state index in [4.69, 9.17) is 4.74 Å². The summed E-state index contributed by atoms with van der Waals surface area (Å²) in [6.45, 7) is 0.366. The standard InChI is InChI=1S/C19H15N3O3S/c1-25-13-8-6-12(7-9-13)11-20-18(24)16-10-17(23)22-15-5-3-2-4-14(15)21-19(22)26-16/h2-10H,11H2,1H3,(H,20,24). The fraction of sp³-hybridized carbons (Fsp3) is 0.105. The van der Waals surface area contributed by atoms with Gasteiger partial charge in [0.05, 0.1) is 18.1 Å². The Kier molecular flexibility index (Phi) is 4.14. The lowest BCUT2D eigenvalue weighted by molar-refractivity contribution is 0.0954. The largest absolute Gasteiger partial charge is 0.497 e. The van der Waals surface area contributed by atoms with Crippen LogP contribution in [0.15, 0.2) is 59.4 Å². The number of amides is 1. The second kappa shape index (κ2) is 6.61. The molecule has 0 aliphatic carbocycles.